The average Bonchev–Trinajstić information content (AvgIpc) is 2.67. The molecule has 1 unspecified atom stereocenters. The van der Waals surface area contributed by atoms with E-state index in [0.29, 0.717) is 23.8 Å². The first-order valence-electron chi connectivity index (χ1n) is 8.97. The van der Waals surface area contributed by atoms with Crippen molar-refractivity contribution in [3.63, 3.8) is 0 Å². The van der Waals surface area contributed by atoms with Crippen molar-refractivity contribution in [3.8, 4) is 0 Å². The number of nitrogens with one attached hydrogen (secondary N) is 2. The summed E-state index contributed by atoms with van der Waals surface area (Å²) in [4.78, 5) is 25.1. The highest BCUT2D eigenvalue weighted by molar-refractivity contribution is 5.93. The number of esters is 1. The third-order valence-corrected chi connectivity index (χ3v) is 4.99. The lowest BCUT2D eigenvalue weighted by atomic mass is 9.87. The van der Waals surface area contributed by atoms with Crippen LogP contribution in [-0.4, -0.2) is 32.6 Å². The van der Waals surface area contributed by atoms with E-state index < -0.39 is 0 Å². The predicted molar refractivity (Wildman–Crippen MR) is 100 cm³/mol. The summed E-state index contributed by atoms with van der Waals surface area (Å²) in [6.07, 6.45) is 3.39. The van der Waals surface area contributed by atoms with Gasteiger partial charge in [0.2, 0.25) is 0 Å². The van der Waals surface area contributed by atoms with Gasteiger partial charge >= 0.3 is 5.97 Å². The number of methoxy groups -OCH3 is 1. The highest BCUT2D eigenvalue weighted by atomic mass is 16.5. The summed E-state index contributed by atoms with van der Waals surface area (Å²) in [7, 11) is 3.42. The van der Waals surface area contributed by atoms with Crippen molar-refractivity contribution < 1.29 is 19.2 Å². The fourth-order valence-corrected chi connectivity index (χ4v) is 3.65. The smallest absolute Gasteiger partial charge is 0.337 e. The number of carbonyl (C=O) groups is 2. The number of fused-ring (bicyclic) bond motifs is 1. The van der Waals surface area contributed by atoms with Gasteiger partial charge in [0.1, 0.15) is 6.04 Å². The van der Waals surface area contributed by atoms with Crippen molar-refractivity contribution in [2.45, 2.75) is 25.3 Å². The molecule has 0 heterocycles. The SMILES string of the molecule is COC(=O)c1ccc(NC(=O)C[NH+](C)[C@@H]2CCCc3ccccc32)cc1. The molecule has 2 aromatic rings. The van der Waals surface area contributed by atoms with Crippen LogP contribution in [-0.2, 0) is 16.0 Å². The van der Waals surface area contributed by atoms with Gasteiger partial charge in [0.05, 0.1) is 19.7 Å². The van der Waals surface area contributed by atoms with Crippen molar-refractivity contribution in [1.29, 1.82) is 0 Å². The summed E-state index contributed by atoms with van der Waals surface area (Å²) >= 11 is 0. The number of anilines is 1. The third kappa shape index (κ3) is 4.11. The van der Waals surface area contributed by atoms with Crippen LogP contribution in [0, 0.1) is 0 Å². The normalized spacial score (nSPS) is 17.1. The fraction of sp³-hybridized carbons (Fsp3) is 0.333. The second kappa shape index (κ2) is 8.15. The molecule has 2 aromatic carbocycles. The van der Waals surface area contributed by atoms with Crippen LogP contribution in [0.1, 0.15) is 40.4 Å². The molecule has 26 heavy (non-hydrogen) atoms. The Morgan fingerprint density at radius 3 is 2.62 bits per heavy atom. The van der Waals surface area contributed by atoms with Gasteiger partial charge in [-0.3, -0.25) is 4.79 Å². The molecule has 0 fully saturated rings. The van der Waals surface area contributed by atoms with Gasteiger partial charge in [-0.05, 0) is 42.7 Å². The maximum Gasteiger partial charge on any atom is 0.337 e. The topological polar surface area (TPSA) is 59.8 Å². The number of benzene rings is 2. The molecule has 2 N–H and O–H groups in total. The molecule has 0 spiro atoms. The van der Waals surface area contributed by atoms with Crippen LogP contribution in [0.2, 0.25) is 0 Å². The lowest BCUT2D eigenvalue weighted by Crippen LogP contribution is -3.10. The number of rotatable bonds is 5. The zero-order chi connectivity index (χ0) is 18.5. The van der Waals surface area contributed by atoms with E-state index in [9.17, 15) is 9.59 Å². The van der Waals surface area contributed by atoms with Crippen LogP contribution in [0.25, 0.3) is 0 Å². The van der Waals surface area contributed by atoms with Crippen LogP contribution in [0.15, 0.2) is 48.5 Å². The van der Waals surface area contributed by atoms with Crippen LogP contribution in [0.3, 0.4) is 0 Å². The number of amides is 1. The molecule has 1 aliphatic carbocycles. The Morgan fingerprint density at radius 2 is 1.88 bits per heavy atom. The highest BCUT2D eigenvalue weighted by Crippen LogP contribution is 2.27. The molecule has 0 bridgehead atoms. The molecule has 3 rings (SSSR count). The number of carbonyl (C=O) groups excluding carboxylic acids is 2. The Bertz CT molecular complexity index is 786. The lowest BCUT2D eigenvalue weighted by Gasteiger charge is -2.30. The molecule has 1 aliphatic rings. The van der Waals surface area contributed by atoms with Gasteiger partial charge in [0.25, 0.3) is 5.91 Å². The fourth-order valence-electron chi connectivity index (χ4n) is 3.65. The van der Waals surface area contributed by atoms with E-state index >= 15 is 0 Å². The van der Waals surface area contributed by atoms with E-state index in [-0.39, 0.29) is 11.9 Å². The zero-order valence-corrected chi connectivity index (χ0v) is 15.2. The molecule has 1 amide bonds. The molecule has 0 saturated carbocycles. The highest BCUT2D eigenvalue weighted by Gasteiger charge is 2.27. The molecule has 0 aliphatic heterocycles. The van der Waals surface area contributed by atoms with Crippen molar-refractivity contribution >= 4 is 17.6 Å². The predicted octanol–water partition coefficient (Wildman–Crippen LogP) is 2.00. The first kappa shape index (κ1) is 18.1. The quantitative estimate of drug-likeness (QED) is 0.809. The van der Waals surface area contributed by atoms with Crippen LogP contribution in [0.5, 0.6) is 0 Å². The van der Waals surface area contributed by atoms with E-state index in [4.69, 9.17) is 0 Å². The van der Waals surface area contributed by atoms with E-state index in [1.54, 1.807) is 24.3 Å². The standard InChI is InChI=1S/C21H24N2O3/c1-23(19-9-5-7-15-6-3-4-8-18(15)19)14-20(24)22-17-12-10-16(11-13-17)21(25)26-2/h3-4,6,8,10-13,19H,5,7,9,14H2,1-2H3,(H,22,24)/p+1/t19-/m1/s1. The number of ether oxygens (including phenoxy) is 1. The number of hydrogen-bond acceptors (Lipinski definition) is 3. The summed E-state index contributed by atoms with van der Waals surface area (Å²) in [5, 5.41) is 2.91. The minimum atomic E-state index is -0.386. The van der Waals surface area contributed by atoms with Gasteiger partial charge < -0.3 is 15.0 Å². The first-order chi connectivity index (χ1) is 12.6. The average molecular weight is 353 g/mol. The lowest BCUT2D eigenvalue weighted by molar-refractivity contribution is -0.905. The summed E-state index contributed by atoms with van der Waals surface area (Å²) in [5.41, 5.74) is 3.92. The molecule has 0 saturated heterocycles. The van der Waals surface area contributed by atoms with E-state index in [0.717, 1.165) is 19.3 Å². The number of aryl methyl sites for hydroxylation is 1. The monoisotopic (exact) mass is 353 g/mol. The van der Waals surface area contributed by atoms with E-state index in [1.165, 1.54) is 23.1 Å². The summed E-state index contributed by atoms with van der Waals surface area (Å²) < 4.78 is 4.68. The minimum Gasteiger partial charge on any atom is -0.465 e. The Kier molecular flexibility index (Phi) is 5.68. The zero-order valence-electron chi connectivity index (χ0n) is 15.2. The Labute approximate surface area is 154 Å². The number of likely N-dealkylation sites (N-methyl/N-ethyl adjacent to an activating group) is 1. The van der Waals surface area contributed by atoms with Gasteiger partial charge in [-0.1, -0.05) is 24.3 Å². The van der Waals surface area contributed by atoms with Gasteiger partial charge in [-0.15, -0.1) is 0 Å². The largest absolute Gasteiger partial charge is 0.465 e. The van der Waals surface area contributed by atoms with Crippen molar-refractivity contribution in [2.24, 2.45) is 0 Å². The molecule has 136 valence electrons. The van der Waals surface area contributed by atoms with Crippen LogP contribution < -0.4 is 10.2 Å². The first-order valence-corrected chi connectivity index (χ1v) is 8.97. The second-order valence-electron chi connectivity index (χ2n) is 6.78. The molecule has 0 radical (unpaired) electrons. The molecule has 5 nitrogen and oxygen atoms in total. The molecule has 2 atom stereocenters. The number of quaternary nitrogens is 1. The molecule has 5 heteroatoms. The summed E-state index contributed by atoms with van der Waals surface area (Å²) in [5.74, 6) is -0.417. The van der Waals surface area contributed by atoms with Crippen molar-refractivity contribution in [1.82, 2.24) is 0 Å². The molecular weight excluding hydrogens is 328 g/mol. The molecular formula is C21H25N2O3+. The van der Waals surface area contributed by atoms with Gasteiger partial charge in [-0.25, -0.2) is 4.79 Å². The number of hydrogen-bond donors (Lipinski definition) is 2. The summed E-state index contributed by atoms with van der Waals surface area (Å²) in [6, 6.07) is 15.6. The second-order valence-corrected chi connectivity index (χ2v) is 6.78. The van der Waals surface area contributed by atoms with Gasteiger partial charge in [-0.2, -0.15) is 0 Å². The van der Waals surface area contributed by atoms with E-state index in [2.05, 4.69) is 41.4 Å². The Balaban J connectivity index is 1.61. The summed E-state index contributed by atoms with van der Waals surface area (Å²) in [6.45, 7) is 0.401. The van der Waals surface area contributed by atoms with Crippen molar-refractivity contribution in [2.75, 3.05) is 26.0 Å². The van der Waals surface area contributed by atoms with Gasteiger partial charge in [0.15, 0.2) is 6.54 Å². The Morgan fingerprint density at radius 1 is 1.15 bits per heavy atom. The van der Waals surface area contributed by atoms with Crippen LogP contribution >= 0.6 is 0 Å². The van der Waals surface area contributed by atoms with Crippen LogP contribution in [0.4, 0.5) is 5.69 Å². The molecule has 0 aromatic heterocycles. The maximum atomic E-state index is 12.4. The maximum absolute atomic E-state index is 12.4. The third-order valence-electron chi connectivity index (χ3n) is 4.99. The Hall–Kier alpha value is -2.66. The van der Waals surface area contributed by atoms with E-state index in [1.807, 2.05) is 0 Å². The van der Waals surface area contributed by atoms with Crippen molar-refractivity contribution in [3.05, 3.63) is 65.2 Å². The van der Waals surface area contributed by atoms with Gasteiger partial charge in [0, 0.05) is 17.7 Å². The minimum absolute atomic E-state index is 0.0311.